The number of amides is 4. The molecule has 4 N–H and O–H groups in total. The number of hydrogen-bond donors (Lipinski definition) is 4. The lowest BCUT2D eigenvalue weighted by atomic mass is 9.76. The van der Waals surface area contributed by atoms with E-state index >= 15 is 0 Å². The number of aliphatic hydroxyl groups is 4. The van der Waals surface area contributed by atoms with Gasteiger partial charge >= 0.3 is 0 Å². The molecular weight excluding hydrogens is 1650 g/mol. The lowest BCUT2D eigenvalue weighted by molar-refractivity contribution is -0.135. The molecule has 0 saturated carbocycles. The van der Waals surface area contributed by atoms with Gasteiger partial charge in [0.1, 0.15) is 46.7 Å². The van der Waals surface area contributed by atoms with E-state index in [4.69, 9.17) is 37.4 Å². The van der Waals surface area contributed by atoms with E-state index < -0.39 is 70.5 Å². The Hall–Kier alpha value is -11.0. The van der Waals surface area contributed by atoms with Crippen molar-refractivity contribution in [2.45, 2.75) is 276 Å². The van der Waals surface area contributed by atoms with Crippen LogP contribution in [0.5, 0.6) is 0 Å². The summed E-state index contributed by atoms with van der Waals surface area (Å²) in [6.45, 7) is 32.6. The van der Waals surface area contributed by atoms with Gasteiger partial charge in [-0.3, -0.25) is 19.2 Å². The Labute approximate surface area is 752 Å². The number of carbonyl (C=O) groups excluding carboxylic acids is 4. The molecule has 4 aromatic carbocycles. The van der Waals surface area contributed by atoms with Gasteiger partial charge in [0.2, 0.25) is 23.6 Å². The van der Waals surface area contributed by atoms with E-state index in [1.54, 1.807) is 30.9 Å². The molecule has 4 unspecified atom stereocenters. The van der Waals surface area contributed by atoms with E-state index in [0.29, 0.717) is 81.0 Å². The lowest BCUT2D eigenvalue weighted by Crippen LogP contribution is -2.44. The van der Waals surface area contributed by atoms with Gasteiger partial charge in [0.25, 0.3) is 0 Å². The second-order valence-corrected chi connectivity index (χ2v) is 39.2. The van der Waals surface area contributed by atoms with Gasteiger partial charge in [-0.05, 0) is 143 Å². The van der Waals surface area contributed by atoms with Crippen LogP contribution in [0.15, 0.2) is 184 Å². The van der Waals surface area contributed by atoms with Crippen molar-refractivity contribution in [2.24, 2.45) is 44.3 Å². The standard InChI is InChI=1S/C28H33N3O4S.C25H31N3O4.2C23H29N3O4/c1-16(2)25(24-12-18(4)29-34-24)27(33)31-15-21(32)13-23(31)22-14-28(5,35-30-22)20-8-6-19(7-9-20)26-17(3)10-11-36-26;1-15(2)23(22-11-16(3)26-31-22)24(30)28-14-18(29)12-21(28)20-13-25(32-27-20)10-6-8-17-7-4-5-9-19(17)25;2*1-14(2)21(20-10-15(3)24-29-20)22(28)26-13-17(27)11-19(26)18-12-23(4,30-25-18)16-8-6-5-7-9-16/h6-12,16,21,23,25,32H,13-15H2,1-5H3;4-5,7,9,11,15,18,21,23,29H,6,8,10,12-14H2,1-3H3;2*5-10,14,17,19,21,27H,11-13H2,1-4H3/t21-,23+,25-,28+;;17-,19+,21+,23-;17-,19+,21-,23+/m1.11/s1. The fourth-order valence-electron chi connectivity index (χ4n) is 20.0. The summed E-state index contributed by atoms with van der Waals surface area (Å²) < 4.78 is 21.8. The van der Waals surface area contributed by atoms with Crippen molar-refractivity contribution < 1.29 is 77.0 Å². The molecule has 5 aromatic heterocycles. The molecule has 1 spiro atoms. The van der Waals surface area contributed by atoms with Crippen LogP contribution in [0.4, 0.5) is 0 Å². The summed E-state index contributed by atoms with van der Waals surface area (Å²) in [6, 6.07) is 45.0. The number of aryl methyl sites for hydroxylation is 6. The third-order valence-corrected chi connectivity index (χ3v) is 27.8. The molecule has 0 bridgehead atoms. The minimum atomic E-state index is -0.625. The molecule has 9 aromatic rings. The summed E-state index contributed by atoms with van der Waals surface area (Å²) >= 11 is 1.74. The van der Waals surface area contributed by atoms with Gasteiger partial charge in [0.15, 0.2) is 22.4 Å². The molecule has 128 heavy (non-hydrogen) atoms. The molecule has 1 aliphatic carbocycles. The molecule has 13 heterocycles. The van der Waals surface area contributed by atoms with Crippen molar-refractivity contribution in [3.63, 3.8) is 0 Å². The summed E-state index contributed by atoms with van der Waals surface area (Å²) in [6.07, 6.45) is 4.85. The highest BCUT2D eigenvalue weighted by Crippen LogP contribution is 2.49. The molecule has 9 aliphatic rings. The van der Waals surface area contributed by atoms with Gasteiger partial charge in [-0.2, -0.15) is 0 Å². The van der Waals surface area contributed by atoms with Crippen LogP contribution in [0.1, 0.15) is 243 Å². The summed E-state index contributed by atoms with van der Waals surface area (Å²) in [5, 5.41) is 77.5. The molecule has 29 heteroatoms. The first-order valence-electron chi connectivity index (χ1n) is 45.1. The zero-order valence-corrected chi connectivity index (χ0v) is 77.0. The molecule has 680 valence electrons. The van der Waals surface area contributed by atoms with E-state index in [2.05, 4.69) is 108 Å². The zero-order valence-electron chi connectivity index (χ0n) is 76.2. The van der Waals surface area contributed by atoms with Crippen LogP contribution < -0.4 is 0 Å². The van der Waals surface area contributed by atoms with Crippen molar-refractivity contribution in [2.75, 3.05) is 26.2 Å². The number of likely N-dealkylation sites (tertiary alicyclic amines) is 4. The van der Waals surface area contributed by atoms with Crippen LogP contribution in [-0.2, 0) is 67.4 Å². The molecule has 4 saturated heterocycles. The minimum Gasteiger partial charge on any atom is -0.391 e. The number of carbonyl (C=O) groups is 4. The van der Waals surface area contributed by atoms with Gasteiger partial charge in [0.05, 0.1) is 94.2 Å². The predicted molar refractivity (Wildman–Crippen MR) is 483 cm³/mol. The highest BCUT2D eigenvalue weighted by Gasteiger charge is 2.54. The van der Waals surface area contributed by atoms with Crippen LogP contribution in [0, 0.1) is 58.3 Å². The van der Waals surface area contributed by atoms with Crippen molar-refractivity contribution in [3.8, 4) is 10.4 Å². The van der Waals surface area contributed by atoms with E-state index in [0.717, 1.165) is 81.6 Å². The Morgan fingerprint density at radius 3 is 1.02 bits per heavy atom. The average molecular weight is 1770 g/mol. The Balaban J connectivity index is 0.000000132. The SMILES string of the molecule is Cc1cc(C(C(=O)N2CC(O)CC2C2=NOC3(CCCc4ccccc43)C2)C(C)C)on1.Cc1cc([C@@H](C(=O)N2C[C@H](O)C[C@H]2C2=NO[C@@](C)(c3ccccc3)C2)C(C)C)on1.Cc1cc([C@H](C(=O)N2C[C@H](O)C[C@H]2C2=NO[C@](C)(c3ccc(-c4sccc4C)cc3)C2)C(C)C)on1.Cc1cc([C@H](C(=O)N2C[C@H](O)C[C@H]2C2=NO[C@](C)(c3ccccc3)C2)C(C)C)on1. The minimum absolute atomic E-state index is 0.0146. The molecular formula is C99H122N12O16S. The van der Waals surface area contributed by atoms with Crippen LogP contribution >= 0.6 is 11.3 Å². The Bertz CT molecular complexity index is 5390. The van der Waals surface area contributed by atoms with Gasteiger partial charge in [0, 0.05) is 112 Å². The number of hydrogen-bond acceptors (Lipinski definition) is 25. The van der Waals surface area contributed by atoms with Gasteiger partial charge in [-0.1, -0.05) is 206 Å². The quantitative estimate of drug-likeness (QED) is 0.0550. The summed E-state index contributed by atoms with van der Waals surface area (Å²) in [5.74, 6) is 0.262. The van der Waals surface area contributed by atoms with Crippen LogP contribution in [0.2, 0.25) is 0 Å². The normalized spacial score (nSPS) is 26.8. The van der Waals surface area contributed by atoms with Crippen molar-refractivity contribution >= 4 is 57.8 Å². The molecule has 4 fully saturated rings. The van der Waals surface area contributed by atoms with E-state index in [9.17, 15) is 39.6 Å². The van der Waals surface area contributed by atoms with Gasteiger partial charge in [-0.25, -0.2) is 0 Å². The second kappa shape index (κ2) is 38.0. The van der Waals surface area contributed by atoms with Gasteiger partial charge in [-0.15, -0.1) is 11.3 Å². The van der Waals surface area contributed by atoms with Crippen LogP contribution in [-0.4, -0.2) is 182 Å². The topological polar surface area (TPSA) is 353 Å². The zero-order chi connectivity index (χ0) is 91.0. The first kappa shape index (κ1) is 91.8. The third-order valence-electron chi connectivity index (χ3n) is 26.7. The summed E-state index contributed by atoms with van der Waals surface area (Å²) in [4.78, 5) is 86.7. The number of benzene rings is 4. The largest absolute Gasteiger partial charge is 0.391 e. The number of aliphatic hydroxyl groups excluding tert-OH is 4. The average Bonchev–Trinajstić information content (AvgIpc) is 1.59. The number of oxime groups is 4. The maximum atomic E-state index is 13.8. The van der Waals surface area contributed by atoms with Crippen molar-refractivity contribution in [3.05, 3.63) is 224 Å². The Morgan fingerprint density at radius 2 is 0.711 bits per heavy atom. The highest BCUT2D eigenvalue weighted by atomic mass is 32.1. The first-order chi connectivity index (χ1) is 61.1. The number of β-amino-alcohol motifs (C(OH)–C–C–N with tert-alkyl or cyclic N) is 4. The summed E-state index contributed by atoms with van der Waals surface area (Å²) in [7, 11) is 0. The van der Waals surface area contributed by atoms with Gasteiger partial charge < -0.3 is 77.5 Å². The molecule has 0 radical (unpaired) electrons. The highest BCUT2D eigenvalue weighted by molar-refractivity contribution is 7.13. The lowest BCUT2D eigenvalue weighted by Gasteiger charge is -2.34. The number of aromatic nitrogens is 4. The molecule has 8 aliphatic heterocycles. The second-order valence-electron chi connectivity index (χ2n) is 38.3. The smallest absolute Gasteiger partial charge is 0.234 e. The van der Waals surface area contributed by atoms with Crippen molar-refractivity contribution in [1.82, 2.24) is 40.2 Å². The van der Waals surface area contributed by atoms with Crippen LogP contribution in [0.25, 0.3) is 10.4 Å². The van der Waals surface area contributed by atoms with E-state index in [1.165, 1.54) is 27.1 Å². The maximum Gasteiger partial charge on any atom is 0.234 e. The monoisotopic (exact) mass is 1770 g/mol. The van der Waals surface area contributed by atoms with E-state index in [1.807, 2.05) is 189 Å². The predicted octanol–water partition coefficient (Wildman–Crippen LogP) is 15.9. The Morgan fingerprint density at radius 1 is 0.398 bits per heavy atom. The number of fused-ring (bicyclic) bond motifs is 2. The molecule has 18 rings (SSSR count). The number of thiophene rings is 1. The summed E-state index contributed by atoms with van der Waals surface area (Å²) in [5.41, 5.74) is 12.1. The molecule has 28 nitrogen and oxygen atoms in total. The third kappa shape index (κ3) is 19.2. The fraction of sp³-hybridized carbons (Fsp3) is 0.515. The number of rotatable bonds is 20. The Kier molecular flexibility index (Phi) is 27.2. The molecule has 4 amide bonds. The molecule has 16 atom stereocenters. The van der Waals surface area contributed by atoms with Crippen LogP contribution in [0.3, 0.4) is 0 Å². The van der Waals surface area contributed by atoms with Crippen molar-refractivity contribution in [1.29, 1.82) is 0 Å². The van der Waals surface area contributed by atoms with E-state index in [-0.39, 0.29) is 91.1 Å². The maximum absolute atomic E-state index is 13.8. The fourth-order valence-corrected chi connectivity index (χ4v) is 21.0. The first-order valence-corrected chi connectivity index (χ1v) is 46.0. The number of nitrogens with zero attached hydrogens (tertiary/aromatic N) is 12.